The van der Waals surface area contributed by atoms with E-state index in [9.17, 15) is 9.59 Å². The predicted octanol–water partition coefficient (Wildman–Crippen LogP) is 2.12. The number of hydrogen-bond acceptors (Lipinski definition) is 6. The minimum absolute atomic E-state index is 0.129. The largest absolute Gasteiger partial charge is 0.397 e. The summed E-state index contributed by atoms with van der Waals surface area (Å²) in [5, 5.41) is 6.42. The maximum atomic E-state index is 11.9. The Labute approximate surface area is 129 Å². The van der Waals surface area contributed by atoms with E-state index in [1.807, 2.05) is 0 Å². The molecule has 0 bridgehead atoms. The zero-order valence-electron chi connectivity index (χ0n) is 12.7. The number of nitrogen functional groups attached to an aromatic ring is 1. The Balaban J connectivity index is 2.74. The van der Waals surface area contributed by atoms with E-state index in [-0.39, 0.29) is 17.4 Å². The number of ether oxygens (including phenoxy) is 1. The van der Waals surface area contributed by atoms with Crippen molar-refractivity contribution in [1.82, 2.24) is 5.32 Å². The van der Waals surface area contributed by atoms with Gasteiger partial charge in [-0.3, -0.25) is 9.59 Å². The van der Waals surface area contributed by atoms with Crippen LogP contribution in [0.4, 0.5) is 10.7 Å². The van der Waals surface area contributed by atoms with Gasteiger partial charge in [-0.15, -0.1) is 11.3 Å². The van der Waals surface area contributed by atoms with Crippen LogP contribution in [0.25, 0.3) is 0 Å². The molecular weight excluding hydrogens is 290 g/mol. The number of carbonyl (C=O) groups is 2. The number of nitrogens with two attached hydrogens (primary N) is 1. The molecule has 0 saturated heterocycles. The third-order valence-corrected chi connectivity index (χ3v) is 4.29. The lowest BCUT2D eigenvalue weighted by Gasteiger charge is -2.07. The van der Waals surface area contributed by atoms with Crippen LogP contribution in [-0.2, 0) is 4.74 Å². The first-order valence-electron chi connectivity index (χ1n) is 6.91. The second-order valence-corrected chi connectivity index (χ2v) is 5.69. The van der Waals surface area contributed by atoms with Gasteiger partial charge >= 0.3 is 0 Å². The van der Waals surface area contributed by atoms with E-state index in [1.165, 1.54) is 18.3 Å². The molecule has 0 spiro atoms. The first-order valence-corrected chi connectivity index (χ1v) is 7.72. The van der Waals surface area contributed by atoms with Crippen LogP contribution in [0.2, 0.25) is 0 Å². The fourth-order valence-corrected chi connectivity index (χ4v) is 2.97. The first-order chi connectivity index (χ1) is 10.0. The van der Waals surface area contributed by atoms with Crippen LogP contribution in [0.3, 0.4) is 0 Å². The molecule has 0 aliphatic rings. The molecule has 21 heavy (non-hydrogen) atoms. The van der Waals surface area contributed by atoms with E-state index in [0.717, 1.165) is 32.4 Å². The Hall–Kier alpha value is -1.60. The second-order valence-electron chi connectivity index (χ2n) is 4.66. The highest BCUT2D eigenvalue weighted by molar-refractivity contribution is 7.19. The molecule has 1 aromatic heterocycles. The van der Waals surface area contributed by atoms with Crippen molar-refractivity contribution in [2.24, 2.45) is 0 Å². The fourth-order valence-electron chi connectivity index (χ4n) is 1.93. The van der Waals surface area contributed by atoms with Crippen LogP contribution in [0.5, 0.6) is 0 Å². The van der Waals surface area contributed by atoms with Crippen molar-refractivity contribution in [3.05, 3.63) is 10.4 Å². The molecule has 0 radical (unpaired) electrons. The summed E-state index contributed by atoms with van der Waals surface area (Å²) in [5.74, 6) is -0.408. The average Bonchev–Trinajstić information content (AvgIpc) is 2.79. The Bertz CT molecular complexity index is 500. The van der Waals surface area contributed by atoms with Gasteiger partial charge in [0.2, 0.25) is 0 Å². The average molecular weight is 313 g/mol. The van der Waals surface area contributed by atoms with Gasteiger partial charge in [-0.2, -0.15) is 0 Å². The topological polar surface area (TPSA) is 93.5 Å². The number of rotatable bonds is 9. The molecule has 6 nitrogen and oxygen atoms in total. The highest BCUT2D eigenvalue weighted by Gasteiger charge is 2.23. The number of thiophene rings is 1. The molecule has 1 aromatic rings. The first kappa shape index (κ1) is 17.5. The van der Waals surface area contributed by atoms with Crippen LogP contribution < -0.4 is 16.4 Å². The van der Waals surface area contributed by atoms with Crippen molar-refractivity contribution in [3.63, 3.8) is 0 Å². The summed E-state index contributed by atoms with van der Waals surface area (Å²) in [6.07, 6.45) is 3.01. The lowest BCUT2D eigenvalue weighted by atomic mass is 10.2. The molecule has 0 aromatic carbocycles. The van der Waals surface area contributed by atoms with Crippen molar-refractivity contribution in [3.8, 4) is 0 Å². The third-order valence-electron chi connectivity index (χ3n) is 3.03. The molecule has 118 valence electrons. The number of amides is 1. The van der Waals surface area contributed by atoms with Gasteiger partial charge in [0, 0.05) is 34.2 Å². The minimum Gasteiger partial charge on any atom is -0.397 e. The van der Waals surface area contributed by atoms with Gasteiger partial charge < -0.3 is 21.1 Å². The summed E-state index contributed by atoms with van der Waals surface area (Å²) in [5.41, 5.74) is 6.55. The van der Waals surface area contributed by atoms with Gasteiger partial charge in [0.05, 0.1) is 16.1 Å². The number of hydrogen-bond donors (Lipinski definition) is 3. The highest BCUT2D eigenvalue weighted by atomic mass is 32.1. The monoisotopic (exact) mass is 313 g/mol. The number of ketones is 1. The number of carbonyl (C=O) groups excluding carboxylic acids is 2. The number of anilines is 2. The van der Waals surface area contributed by atoms with Crippen molar-refractivity contribution >= 4 is 33.7 Å². The molecule has 0 unspecified atom stereocenters. The minimum atomic E-state index is -0.280. The van der Waals surface area contributed by atoms with E-state index < -0.39 is 0 Å². The van der Waals surface area contributed by atoms with E-state index in [1.54, 1.807) is 14.2 Å². The molecule has 4 N–H and O–H groups in total. The van der Waals surface area contributed by atoms with Crippen molar-refractivity contribution < 1.29 is 14.3 Å². The molecule has 0 atom stereocenters. The Kier molecular flexibility index (Phi) is 7.18. The quantitative estimate of drug-likeness (QED) is 0.479. The van der Waals surface area contributed by atoms with Gasteiger partial charge in [-0.1, -0.05) is 0 Å². The van der Waals surface area contributed by atoms with Gasteiger partial charge in [-0.25, -0.2) is 0 Å². The summed E-state index contributed by atoms with van der Waals surface area (Å²) >= 11 is 1.24. The summed E-state index contributed by atoms with van der Waals surface area (Å²) in [4.78, 5) is 23.9. The molecule has 0 aliphatic carbocycles. The Morgan fingerprint density at radius 2 is 2.00 bits per heavy atom. The molecule has 1 amide bonds. The summed E-state index contributed by atoms with van der Waals surface area (Å²) in [7, 11) is 3.23. The lowest BCUT2D eigenvalue weighted by Crippen LogP contribution is -2.20. The fraction of sp³-hybridized carbons (Fsp3) is 0.571. The molecular formula is C14H23N3O3S. The number of unbranched alkanes of at least 4 members (excludes halogenated alkanes) is 2. The zero-order valence-corrected chi connectivity index (χ0v) is 13.6. The number of Topliss-reactive ketones (excluding diaryl/α,β-unsaturated/α-hetero) is 1. The highest BCUT2D eigenvalue weighted by Crippen LogP contribution is 2.36. The van der Waals surface area contributed by atoms with Gasteiger partial charge in [0.1, 0.15) is 5.00 Å². The van der Waals surface area contributed by atoms with E-state index in [0.29, 0.717) is 15.4 Å². The molecule has 0 aliphatic heterocycles. The van der Waals surface area contributed by atoms with E-state index >= 15 is 0 Å². The van der Waals surface area contributed by atoms with Gasteiger partial charge in [0.15, 0.2) is 5.78 Å². The van der Waals surface area contributed by atoms with Crippen LogP contribution in [0.15, 0.2) is 0 Å². The van der Waals surface area contributed by atoms with Gasteiger partial charge in [-0.05, 0) is 19.3 Å². The number of methoxy groups -OCH3 is 1. The summed E-state index contributed by atoms with van der Waals surface area (Å²) < 4.78 is 4.99. The maximum Gasteiger partial charge on any atom is 0.256 e. The van der Waals surface area contributed by atoms with Crippen molar-refractivity contribution in [1.29, 1.82) is 0 Å². The second kappa shape index (κ2) is 8.63. The Morgan fingerprint density at radius 3 is 2.57 bits per heavy atom. The van der Waals surface area contributed by atoms with Crippen LogP contribution in [0, 0.1) is 0 Å². The molecule has 0 fully saturated rings. The normalized spacial score (nSPS) is 10.4. The zero-order chi connectivity index (χ0) is 15.8. The Morgan fingerprint density at radius 1 is 1.29 bits per heavy atom. The van der Waals surface area contributed by atoms with Crippen LogP contribution in [0.1, 0.15) is 46.2 Å². The third kappa shape index (κ3) is 4.71. The molecule has 0 saturated carbocycles. The predicted molar refractivity (Wildman–Crippen MR) is 86.3 cm³/mol. The van der Waals surface area contributed by atoms with E-state index in [4.69, 9.17) is 10.5 Å². The van der Waals surface area contributed by atoms with E-state index in [2.05, 4.69) is 10.6 Å². The molecule has 7 heteroatoms. The molecule has 1 rings (SSSR count). The van der Waals surface area contributed by atoms with Crippen molar-refractivity contribution in [2.75, 3.05) is 38.4 Å². The van der Waals surface area contributed by atoms with Crippen LogP contribution >= 0.6 is 11.3 Å². The lowest BCUT2D eigenvalue weighted by molar-refractivity contribution is 0.0965. The summed E-state index contributed by atoms with van der Waals surface area (Å²) in [6, 6.07) is 0. The van der Waals surface area contributed by atoms with Gasteiger partial charge in [0.25, 0.3) is 5.91 Å². The molecule has 1 heterocycles. The smallest absolute Gasteiger partial charge is 0.256 e. The maximum absolute atomic E-state index is 11.9. The number of nitrogens with one attached hydrogen (secondary N) is 2. The SMILES string of the molecule is CNC(=O)c1c(NCCCCCOC)sc(C(C)=O)c1N. The van der Waals surface area contributed by atoms with Crippen molar-refractivity contribution in [2.45, 2.75) is 26.2 Å². The standard InChI is InChI=1S/C14H23N3O3S/c1-9(18)12-11(15)10(13(19)16-2)14(21-12)17-7-5-4-6-8-20-3/h17H,4-8,15H2,1-3H3,(H,16,19). The summed E-state index contributed by atoms with van der Waals surface area (Å²) in [6.45, 7) is 2.93. The van der Waals surface area contributed by atoms with Crippen LogP contribution in [-0.4, -0.2) is 39.0 Å².